The standard InChI is InChI=1S/C23H28N4O6S.C6H12O2/c1-23(2,3)18-12-16(27-10-9-19(28)26-22(27)30)11-17(20(18)33-4)21(29)25-15-7-5-14(6-8-15)13-24-34(31)32;1-6(2,3)5(7)8-4/h5-8,11-12,24H,9-10,13H2,1-4H3,(H,25,29)(H,31,32)(H,26,28,30);1-4H3/p-1. The van der Waals surface area contributed by atoms with E-state index in [-0.39, 0.29) is 42.4 Å². The van der Waals surface area contributed by atoms with Crippen LogP contribution in [-0.2, 0) is 37.6 Å². The van der Waals surface area contributed by atoms with Crippen molar-refractivity contribution in [2.75, 3.05) is 31.0 Å². The second kappa shape index (κ2) is 14.4. The fourth-order valence-electron chi connectivity index (χ4n) is 3.88. The highest BCUT2D eigenvalue weighted by molar-refractivity contribution is 7.77. The molecule has 1 aliphatic rings. The molecule has 13 heteroatoms. The molecule has 0 aliphatic carbocycles. The summed E-state index contributed by atoms with van der Waals surface area (Å²) in [5.74, 6) is -0.563. The van der Waals surface area contributed by atoms with Gasteiger partial charge >= 0.3 is 12.0 Å². The van der Waals surface area contributed by atoms with Crippen molar-refractivity contribution in [1.82, 2.24) is 10.0 Å². The first-order valence-electron chi connectivity index (χ1n) is 13.1. The molecule has 1 saturated heterocycles. The summed E-state index contributed by atoms with van der Waals surface area (Å²) in [7, 11) is 2.88. The number of nitrogens with zero attached hydrogens (tertiary/aromatic N) is 1. The molecule has 0 radical (unpaired) electrons. The molecular formula is C29H39N4O8S-. The van der Waals surface area contributed by atoms with E-state index in [9.17, 15) is 27.9 Å². The smallest absolute Gasteiger partial charge is 0.328 e. The van der Waals surface area contributed by atoms with Gasteiger partial charge in [0.1, 0.15) is 5.75 Å². The lowest BCUT2D eigenvalue weighted by molar-refractivity contribution is -0.149. The highest BCUT2D eigenvalue weighted by Gasteiger charge is 2.30. The summed E-state index contributed by atoms with van der Waals surface area (Å²) in [4.78, 5) is 49.3. The van der Waals surface area contributed by atoms with E-state index in [4.69, 9.17) is 4.74 Å². The Labute approximate surface area is 248 Å². The van der Waals surface area contributed by atoms with Crippen LogP contribution in [0.3, 0.4) is 0 Å². The van der Waals surface area contributed by atoms with Crippen LogP contribution in [0.25, 0.3) is 0 Å². The third-order valence-electron chi connectivity index (χ3n) is 6.10. The summed E-state index contributed by atoms with van der Waals surface area (Å²) >= 11 is -2.36. The summed E-state index contributed by atoms with van der Waals surface area (Å²) in [5, 5.41) is 5.12. The molecule has 1 aliphatic heterocycles. The Bertz CT molecular complexity index is 1330. The molecule has 0 aromatic heterocycles. The predicted octanol–water partition coefficient (Wildman–Crippen LogP) is 3.78. The largest absolute Gasteiger partial charge is 0.760 e. The van der Waals surface area contributed by atoms with Crippen LogP contribution < -0.4 is 25.0 Å². The number of urea groups is 1. The summed E-state index contributed by atoms with van der Waals surface area (Å²) in [6.07, 6.45) is 0.158. The second-order valence-corrected chi connectivity index (χ2v) is 12.3. The molecule has 2 aromatic rings. The van der Waals surface area contributed by atoms with E-state index >= 15 is 0 Å². The Hall–Kier alpha value is -3.81. The monoisotopic (exact) mass is 603 g/mol. The average Bonchev–Trinajstić information content (AvgIpc) is 2.90. The van der Waals surface area contributed by atoms with Crippen molar-refractivity contribution in [2.45, 2.75) is 59.9 Å². The molecule has 1 fully saturated rings. The van der Waals surface area contributed by atoms with E-state index in [0.29, 0.717) is 17.1 Å². The topological polar surface area (TPSA) is 166 Å². The Morgan fingerprint density at radius 3 is 2.12 bits per heavy atom. The Balaban J connectivity index is 0.000000675. The molecule has 3 N–H and O–H groups in total. The van der Waals surface area contributed by atoms with E-state index in [1.807, 2.05) is 41.5 Å². The first-order valence-corrected chi connectivity index (χ1v) is 14.2. The minimum absolute atomic E-state index is 0.134. The number of nitrogens with one attached hydrogen (secondary N) is 3. The van der Waals surface area contributed by atoms with E-state index < -0.39 is 28.6 Å². The first kappa shape index (κ1) is 34.4. The molecule has 0 bridgehead atoms. The summed E-state index contributed by atoms with van der Waals surface area (Å²) in [6, 6.07) is 9.53. The van der Waals surface area contributed by atoms with Crippen molar-refractivity contribution in [3.8, 4) is 5.75 Å². The number of ether oxygens (including phenoxy) is 2. The van der Waals surface area contributed by atoms with Gasteiger partial charge in [-0.25, -0.2) is 9.52 Å². The van der Waals surface area contributed by atoms with Gasteiger partial charge in [-0.05, 0) is 56.0 Å². The van der Waals surface area contributed by atoms with Crippen molar-refractivity contribution in [1.29, 1.82) is 0 Å². The van der Waals surface area contributed by atoms with Gasteiger partial charge in [-0.15, -0.1) is 0 Å². The van der Waals surface area contributed by atoms with Gasteiger partial charge in [0.05, 0.1) is 25.2 Å². The number of hydrogen-bond acceptors (Lipinski definition) is 8. The number of rotatable bonds is 7. The maximum atomic E-state index is 13.3. The minimum Gasteiger partial charge on any atom is -0.760 e. The zero-order valence-corrected chi connectivity index (χ0v) is 26.0. The highest BCUT2D eigenvalue weighted by Crippen LogP contribution is 2.38. The van der Waals surface area contributed by atoms with Gasteiger partial charge in [-0.2, -0.15) is 0 Å². The summed E-state index contributed by atoms with van der Waals surface area (Å²) in [6.45, 7) is 11.7. The molecular weight excluding hydrogens is 564 g/mol. The van der Waals surface area contributed by atoms with E-state index in [2.05, 4.69) is 20.1 Å². The number of anilines is 2. The molecule has 0 spiro atoms. The van der Waals surface area contributed by atoms with Gasteiger partial charge in [0.25, 0.3) is 5.91 Å². The Morgan fingerprint density at radius 2 is 1.67 bits per heavy atom. The third-order valence-corrected chi connectivity index (χ3v) is 6.48. The van der Waals surface area contributed by atoms with Gasteiger partial charge in [0, 0.05) is 47.7 Å². The number of methoxy groups -OCH3 is 2. The molecule has 230 valence electrons. The van der Waals surface area contributed by atoms with Crippen LogP contribution in [0.1, 0.15) is 69.4 Å². The van der Waals surface area contributed by atoms with E-state index in [1.54, 1.807) is 36.4 Å². The number of amides is 4. The lowest BCUT2D eigenvalue weighted by atomic mass is 9.84. The third kappa shape index (κ3) is 9.64. The van der Waals surface area contributed by atoms with Crippen LogP contribution in [0.2, 0.25) is 0 Å². The SMILES string of the molecule is COC(=O)C(C)(C)C.COc1c(C(=O)Nc2ccc(CNS(=O)[O-])cc2)cc(N2CCC(=O)NC2=O)cc1C(C)(C)C. The number of esters is 1. The van der Waals surface area contributed by atoms with Gasteiger partial charge in [-0.3, -0.25) is 28.8 Å². The van der Waals surface area contributed by atoms with Crippen LogP contribution in [-0.4, -0.2) is 53.3 Å². The molecule has 1 atom stereocenters. The zero-order chi connectivity index (χ0) is 31.8. The second-order valence-electron chi connectivity index (χ2n) is 11.5. The normalized spacial score (nSPS) is 14.3. The van der Waals surface area contributed by atoms with Crippen LogP contribution in [0.15, 0.2) is 36.4 Å². The number of imide groups is 1. The lowest BCUT2D eigenvalue weighted by Gasteiger charge is -2.30. The van der Waals surface area contributed by atoms with Crippen molar-refractivity contribution in [3.05, 3.63) is 53.1 Å². The maximum absolute atomic E-state index is 13.3. The van der Waals surface area contributed by atoms with Gasteiger partial charge in [-0.1, -0.05) is 32.9 Å². The quantitative estimate of drug-likeness (QED) is 0.318. The minimum atomic E-state index is -2.36. The fourth-order valence-corrected chi connectivity index (χ4v) is 4.16. The van der Waals surface area contributed by atoms with Crippen LogP contribution in [0.5, 0.6) is 5.75 Å². The van der Waals surface area contributed by atoms with Crippen LogP contribution in [0, 0.1) is 5.41 Å². The van der Waals surface area contributed by atoms with Crippen LogP contribution >= 0.6 is 0 Å². The van der Waals surface area contributed by atoms with Crippen molar-refractivity contribution in [2.24, 2.45) is 5.41 Å². The highest BCUT2D eigenvalue weighted by atomic mass is 32.2. The maximum Gasteiger partial charge on any atom is 0.328 e. The lowest BCUT2D eigenvalue weighted by Crippen LogP contribution is -2.49. The average molecular weight is 604 g/mol. The van der Waals surface area contributed by atoms with Crippen LogP contribution in [0.4, 0.5) is 16.2 Å². The summed E-state index contributed by atoms with van der Waals surface area (Å²) in [5.41, 5.74) is 1.92. The number of hydrogen-bond donors (Lipinski definition) is 3. The molecule has 1 heterocycles. The zero-order valence-electron chi connectivity index (χ0n) is 25.2. The number of carbonyl (C=O) groups excluding carboxylic acids is 4. The first-order chi connectivity index (χ1) is 19.5. The predicted molar refractivity (Wildman–Crippen MR) is 159 cm³/mol. The fraction of sp³-hybridized carbons (Fsp3) is 0.448. The van der Waals surface area contributed by atoms with Crippen molar-refractivity contribution < 1.29 is 37.4 Å². The van der Waals surface area contributed by atoms with Gasteiger partial charge in [0.15, 0.2) is 0 Å². The van der Waals surface area contributed by atoms with Crippen molar-refractivity contribution >= 4 is 46.5 Å². The Kier molecular flexibility index (Phi) is 11.8. The molecule has 1 unspecified atom stereocenters. The molecule has 4 amide bonds. The van der Waals surface area contributed by atoms with E-state index in [0.717, 1.165) is 11.1 Å². The van der Waals surface area contributed by atoms with Crippen molar-refractivity contribution in [3.63, 3.8) is 0 Å². The van der Waals surface area contributed by atoms with E-state index in [1.165, 1.54) is 19.1 Å². The molecule has 2 aromatic carbocycles. The molecule has 42 heavy (non-hydrogen) atoms. The molecule has 3 rings (SSSR count). The van der Waals surface area contributed by atoms with Gasteiger partial charge in [0.2, 0.25) is 5.91 Å². The molecule has 12 nitrogen and oxygen atoms in total. The van der Waals surface area contributed by atoms with Gasteiger partial charge < -0.3 is 19.3 Å². The number of benzene rings is 2. The summed E-state index contributed by atoms with van der Waals surface area (Å²) < 4.78 is 33.7. The number of carbonyl (C=O) groups is 4. The molecule has 0 saturated carbocycles. The Morgan fingerprint density at radius 1 is 1.05 bits per heavy atom.